The van der Waals surface area contributed by atoms with Crippen LogP contribution in [0.25, 0.3) is 0 Å². The molecule has 18 heavy (non-hydrogen) atoms. The zero-order valence-corrected chi connectivity index (χ0v) is 11.9. The van der Waals surface area contributed by atoms with Crippen molar-refractivity contribution in [2.75, 3.05) is 24.7 Å². The van der Waals surface area contributed by atoms with Crippen molar-refractivity contribution in [1.29, 1.82) is 0 Å². The van der Waals surface area contributed by atoms with Crippen LogP contribution < -0.4 is 0 Å². The number of halogens is 1. The van der Waals surface area contributed by atoms with Crippen LogP contribution in [0.3, 0.4) is 0 Å². The molecule has 1 amide bonds. The molecule has 1 fully saturated rings. The molecule has 0 aromatic heterocycles. The molecule has 1 aliphatic rings. The molecule has 98 valence electrons. The van der Waals surface area contributed by atoms with Crippen LogP contribution in [0.4, 0.5) is 0 Å². The van der Waals surface area contributed by atoms with Crippen molar-refractivity contribution >= 4 is 29.3 Å². The van der Waals surface area contributed by atoms with Gasteiger partial charge in [-0.2, -0.15) is 0 Å². The third-order valence-electron chi connectivity index (χ3n) is 3.29. The lowest BCUT2D eigenvalue weighted by molar-refractivity contribution is -0.129. The summed E-state index contributed by atoms with van der Waals surface area (Å²) in [6.07, 6.45) is 2.09. The van der Waals surface area contributed by atoms with Crippen molar-refractivity contribution in [2.45, 2.75) is 17.7 Å². The molecule has 4 heteroatoms. The van der Waals surface area contributed by atoms with Crippen molar-refractivity contribution in [3.63, 3.8) is 0 Å². The Balaban J connectivity index is 1.75. The number of rotatable bonds is 4. The van der Waals surface area contributed by atoms with Gasteiger partial charge in [0.1, 0.15) is 0 Å². The van der Waals surface area contributed by atoms with Gasteiger partial charge >= 0.3 is 0 Å². The summed E-state index contributed by atoms with van der Waals surface area (Å²) < 4.78 is 0. The van der Waals surface area contributed by atoms with Gasteiger partial charge in [-0.15, -0.1) is 23.4 Å². The molecule has 2 nitrogen and oxygen atoms in total. The average Bonchev–Trinajstić information content (AvgIpc) is 2.46. The van der Waals surface area contributed by atoms with Crippen LogP contribution in [0.15, 0.2) is 35.2 Å². The molecule has 0 atom stereocenters. The largest absolute Gasteiger partial charge is 0.342 e. The number of benzene rings is 1. The zero-order valence-electron chi connectivity index (χ0n) is 10.3. The topological polar surface area (TPSA) is 20.3 Å². The van der Waals surface area contributed by atoms with E-state index < -0.39 is 0 Å². The second-order valence-electron chi connectivity index (χ2n) is 4.58. The number of likely N-dealkylation sites (tertiary alicyclic amines) is 1. The Labute approximate surface area is 118 Å². The molecule has 0 N–H and O–H groups in total. The molecule has 0 radical (unpaired) electrons. The predicted octanol–water partition coefficient (Wildman–Crippen LogP) is 3.26. The minimum Gasteiger partial charge on any atom is -0.342 e. The molecular weight excluding hydrogens is 266 g/mol. The highest BCUT2D eigenvalue weighted by molar-refractivity contribution is 8.00. The lowest BCUT2D eigenvalue weighted by Gasteiger charge is -2.31. The van der Waals surface area contributed by atoms with Gasteiger partial charge in [-0.3, -0.25) is 4.79 Å². The standard InChI is InChI=1S/C14H18ClNOS/c15-10-12-6-8-16(9-7-12)14(17)11-18-13-4-2-1-3-5-13/h1-5,12H,6-11H2. The second-order valence-corrected chi connectivity index (χ2v) is 5.94. The maximum absolute atomic E-state index is 12.0. The first-order valence-corrected chi connectivity index (χ1v) is 7.83. The number of nitrogens with zero attached hydrogens (tertiary/aromatic N) is 1. The van der Waals surface area contributed by atoms with Gasteiger partial charge < -0.3 is 4.90 Å². The van der Waals surface area contributed by atoms with Crippen LogP contribution in [-0.2, 0) is 4.79 Å². The van der Waals surface area contributed by atoms with E-state index in [1.165, 1.54) is 0 Å². The van der Waals surface area contributed by atoms with E-state index in [2.05, 4.69) is 0 Å². The number of carbonyl (C=O) groups excluding carboxylic acids is 1. The molecule has 0 spiro atoms. The number of hydrogen-bond donors (Lipinski definition) is 0. The van der Waals surface area contributed by atoms with Crippen molar-refractivity contribution in [3.05, 3.63) is 30.3 Å². The maximum atomic E-state index is 12.0. The fraction of sp³-hybridized carbons (Fsp3) is 0.500. The van der Waals surface area contributed by atoms with E-state index in [0.717, 1.165) is 36.7 Å². The van der Waals surface area contributed by atoms with E-state index in [4.69, 9.17) is 11.6 Å². The summed E-state index contributed by atoms with van der Waals surface area (Å²) in [5.74, 6) is 2.10. The van der Waals surface area contributed by atoms with E-state index in [0.29, 0.717) is 11.7 Å². The minimum absolute atomic E-state index is 0.247. The monoisotopic (exact) mass is 283 g/mol. The van der Waals surface area contributed by atoms with Crippen molar-refractivity contribution in [2.24, 2.45) is 5.92 Å². The molecular formula is C14H18ClNOS. The van der Waals surface area contributed by atoms with Crippen LogP contribution in [0.2, 0.25) is 0 Å². The maximum Gasteiger partial charge on any atom is 0.232 e. The normalized spacial score (nSPS) is 16.8. The third-order valence-corrected chi connectivity index (χ3v) is 4.72. The Kier molecular flexibility index (Phi) is 5.39. The summed E-state index contributed by atoms with van der Waals surface area (Å²) in [4.78, 5) is 15.2. The van der Waals surface area contributed by atoms with E-state index in [1.54, 1.807) is 11.8 Å². The quantitative estimate of drug-likeness (QED) is 0.624. The van der Waals surface area contributed by atoms with Gasteiger partial charge in [0.25, 0.3) is 0 Å². The molecule has 0 saturated carbocycles. The van der Waals surface area contributed by atoms with Gasteiger partial charge in [-0.1, -0.05) is 18.2 Å². The highest BCUT2D eigenvalue weighted by Crippen LogP contribution is 2.21. The number of thioether (sulfide) groups is 1. The number of hydrogen-bond acceptors (Lipinski definition) is 2. The van der Waals surface area contributed by atoms with E-state index in [1.807, 2.05) is 35.2 Å². The van der Waals surface area contributed by atoms with Crippen molar-refractivity contribution in [3.8, 4) is 0 Å². The van der Waals surface area contributed by atoms with E-state index >= 15 is 0 Å². The molecule has 2 rings (SSSR count). The molecule has 1 saturated heterocycles. The van der Waals surface area contributed by atoms with Crippen LogP contribution in [0, 0.1) is 5.92 Å². The van der Waals surface area contributed by atoms with Gasteiger partial charge in [0.2, 0.25) is 5.91 Å². The number of amides is 1. The Morgan fingerprint density at radius 1 is 1.28 bits per heavy atom. The summed E-state index contributed by atoms with van der Waals surface area (Å²) in [7, 11) is 0. The Hall–Kier alpha value is -0.670. The second kappa shape index (κ2) is 7.05. The Morgan fingerprint density at radius 3 is 2.56 bits per heavy atom. The van der Waals surface area contributed by atoms with Crippen LogP contribution in [0.5, 0.6) is 0 Å². The average molecular weight is 284 g/mol. The summed E-state index contributed by atoms with van der Waals surface area (Å²) >= 11 is 7.45. The molecule has 1 aromatic rings. The van der Waals surface area contributed by atoms with Gasteiger partial charge in [0.05, 0.1) is 5.75 Å². The lowest BCUT2D eigenvalue weighted by atomic mass is 9.99. The summed E-state index contributed by atoms with van der Waals surface area (Å²) in [6.45, 7) is 1.73. The number of piperidine rings is 1. The van der Waals surface area contributed by atoms with Crippen molar-refractivity contribution < 1.29 is 4.79 Å². The third kappa shape index (κ3) is 3.92. The molecule has 1 aromatic carbocycles. The van der Waals surface area contributed by atoms with E-state index in [9.17, 15) is 4.79 Å². The van der Waals surface area contributed by atoms with Gasteiger partial charge in [0, 0.05) is 23.9 Å². The minimum atomic E-state index is 0.247. The van der Waals surface area contributed by atoms with Gasteiger partial charge in [-0.05, 0) is 30.9 Å². The first-order chi connectivity index (χ1) is 8.79. The molecule has 0 bridgehead atoms. The smallest absolute Gasteiger partial charge is 0.232 e. The highest BCUT2D eigenvalue weighted by Gasteiger charge is 2.21. The molecule has 0 unspecified atom stereocenters. The Bertz CT molecular complexity index is 377. The van der Waals surface area contributed by atoms with Gasteiger partial charge in [0.15, 0.2) is 0 Å². The number of alkyl halides is 1. The fourth-order valence-corrected chi connectivity index (χ4v) is 3.22. The highest BCUT2D eigenvalue weighted by atomic mass is 35.5. The predicted molar refractivity (Wildman–Crippen MR) is 77.2 cm³/mol. The SMILES string of the molecule is O=C(CSc1ccccc1)N1CCC(CCl)CC1. The van der Waals surface area contributed by atoms with E-state index in [-0.39, 0.29) is 5.91 Å². The Morgan fingerprint density at radius 2 is 1.94 bits per heavy atom. The van der Waals surface area contributed by atoms with Gasteiger partial charge in [-0.25, -0.2) is 0 Å². The lowest BCUT2D eigenvalue weighted by Crippen LogP contribution is -2.39. The number of carbonyl (C=O) groups is 1. The summed E-state index contributed by atoms with van der Waals surface area (Å²) in [5, 5.41) is 0. The fourth-order valence-electron chi connectivity index (χ4n) is 2.09. The first-order valence-electron chi connectivity index (χ1n) is 6.31. The summed E-state index contributed by atoms with van der Waals surface area (Å²) in [5.41, 5.74) is 0. The van der Waals surface area contributed by atoms with Crippen LogP contribution in [0.1, 0.15) is 12.8 Å². The van der Waals surface area contributed by atoms with Crippen molar-refractivity contribution in [1.82, 2.24) is 4.90 Å². The van der Waals surface area contributed by atoms with Crippen LogP contribution >= 0.6 is 23.4 Å². The molecule has 1 aliphatic heterocycles. The zero-order chi connectivity index (χ0) is 12.8. The van der Waals surface area contributed by atoms with Crippen LogP contribution in [-0.4, -0.2) is 35.5 Å². The molecule has 0 aliphatic carbocycles. The first kappa shape index (κ1) is 13.8. The molecule has 1 heterocycles. The summed E-state index contributed by atoms with van der Waals surface area (Å²) in [6, 6.07) is 10.1.